The van der Waals surface area contributed by atoms with Gasteiger partial charge in [-0.25, -0.2) is 9.97 Å². The molecule has 3 aromatic rings. The van der Waals surface area contributed by atoms with E-state index in [0.717, 1.165) is 27.4 Å². The second kappa shape index (κ2) is 6.34. The summed E-state index contributed by atoms with van der Waals surface area (Å²) in [6.07, 6.45) is 6.67. The van der Waals surface area contributed by atoms with E-state index in [-0.39, 0.29) is 17.9 Å². The van der Waals surface area contributed by atoms with Crippen molar-refractivity contribution in [1.82, 2.24) is 19.9 Å². The summed E-state index contributed by atoms with van der Waals surface area (Å²) in [5.41, 5.74) is 3.03. The smallest absolute Gasteiger partial charge is 0.220 e. The van der Waals surface area contributed by atoms with E-state index < -0.39 is 0 Å². The lowest BCUT2D eigenvalue weighted by Crippen LogP contribution is -2.25. The third-order valence-electron chi connectivity index (χ3n) is 5.43. The van der Waals surface area contributed by atoms with Gasteiger partial charge in [0.15, 0.2) is 0 Å². The fraction of sp³-hybridized carbons (Fsp3) is 0.450. The van der Waals surface area contributed by atoms with E-state index in [1.165, 1.54) is 17.7 Å². The number of amides is 1. The number of thiazole rings is 1. The molecule has 2 fully saturated rings. The van der Waals surface area contributed by atoms with Gasteiger partial charge in [-0.1, -0.05) is 0 Å². The standard InChI is InChI=1S/C20H22N4O2S/c1-11-8-22-20(27-11)13-5-16-19(24(10-23-16)15-3-4-15)17(6-13)26-12(2)14-7-18(25)21-9-14/h5-6,8,10,12,14-15H,3-4,7,9H2,1-2H3,(H,21,25)/t12-,14?/m1/s1. The van der Waals surface area contributed by atoms with Crippen LogP contribution in [0.4, 0.5) is 0 Å². The zero-order chi connectivity index (χ0) is 18.5. The fourth-order valence-electron chi connectivity index (χ4n) is 3.72. The first-order valence-electron chi connectivity index (χ1n) is 9.45. The number of carbonyl (C=O) groups is 1. The SMILES string of the molecule is Cc1cnc(-c2cc(O[C@H](C)C3CNC(=O)C3)c3c(c2)ncn3C2CC2)s1. The molecular formula is C20H22N4O2S. The molecule has 1 unspecified atom stereocenters. The van der Waals surface area contributed by atoms with Crippen molar-refractivity contribution >= 4 is 28.3 Å². The Bertz CT molecular complexity index is 1020. The number of nitrogens with zero attached hydrogens (tertiary/aromatic N) is 3. The summed E-state index contributed by atoms with van der Waals surface area (Å²) in [7, 11) is 0. The molecule has 2 aromatic heterocycles. The van der Waals surface area contributed by atoms with Crippen molar-refractivity contribution in [1.29, 1.82) is 0 Å². The Morgan fingerprint density at radius 1 is 1.33 bits per heavy atom. The van der Waals surface area contributed by atoms with Crippen LogP contribution in [0.15, 0.2) is 24.7 Å². The van der Waals surface area contributed by atoms with Crippen molar-refractivity contribution in [3.63, 3.8) is 0 Å². The first-order valence-corrected chi connectivity index (χ1v) is 10.3. The minimum atomic E-state index is -0.0528. The van der Waals surface area contributed by atoms with E-state index in [9.17, 15) is 4.79 Å². The molecule has 3 heterocycles. The van der Waals surface area contributed by atoms with Crippen molar-refractivity contribution in [2.75, 3.05) is 6.54 Å². The first-order chi connectivity index (χ1) is 13.1. The number of benzene rings is 1. The summed E-state index contributed by atoms with van der Waals surface area (Å²) in [6, 6.07) is 4.71. The van der Waals surface area contributed by atoms with Gasteiger partial charge in [-0.2, -0.15) is 0 Å². The number of imidazole rings is 1. The highest BCUT2D eigenvalue weighted by Gasteiger charge is 2.30. The molecule has 1 N–H and O–H groups in total. The van der Waals surface area contributed by atoms with Gasteiger partial charge < -0.3 is 14.6 Å². The van der Waals surface area contributed by atoms with Gasteiger partial charge in [0.2, 0.25) is 5.91 Å². The summed E-state index contributed by atoms with van der Waals surface area (Å²) in [4.78, 5) is 21.9. The molecule has 1 aliphatic carbocycles. The van der Waals surface area contributed by atoms with Gasteiger partial charge in [-0.15, -0.1) is 11.3 Å². The second-order valence-electron chi connectivity index (χ2n) is 7.59. The Labute approximate surface area is 161 Å². The van der Waals surface area contributed by atoms with Crippen LogP contribution >= 0.6 is 11.3 Å². The highest BCUT2D eigenvalue weighted by Crippen LogP contribution is 2.42. The third-order valence-corrected chi connectivity index (χ3v) is 6.39. The topological polar surface area (TPSA) is 69.0 Å². The Kier molecular flexibility index (Phi) is 3.93. The molecule has 0 spiro atoms. The maximum absolute atomic E-state index is 11.6. The van der Waals surface area contributed by atoms with E-state index in [2.05, 4.69) is 45.8 Å². The molecule has 1 amide bonds. The monoisotopic (exact) mass is 382 g/mol. The lowest BCUT2D eigenvalue weighted by atomic mass is 10.0. The number of nitrogens with one attached hydrogen (secondary N) is 1. The molecule has 1 saturated heterocycles. The largest absolute Gasteiger partial charge is 0.488 e. The number of rotatable bonds is 5. The van der Waals surface area contributed by atoms with Crippen LogP contribution in [-0.2, 0) is 4.79 Å². The number of aromatic nitrogens is 3. The van der Waals surface area contributed by atoms with Gasteiger partial charge in [0.05, 0.1) is 11.8 Å². The van der Waals surface area contributed by atoms with Crippen LogP contribution in [0.25, 0.3) is 21.6 Å². The maximum atomic E-state index is 11.6. The number of ether oxygens (including phenoxy) is 1. The predicted octanol–water partition coefficient (Wildman–Crippen LogP) is 3.71. The van der Waals surface area contributed by atoms with E-state index in [0.29, 0.717) is 19.0 Å². The van der Waals surface area contributed by atoms with Crippen molar-refractivity contribution < 1.29 is 9.53 Å². The summed E-state index contributed by atoms with van der Waals surface area (Å²) in [5, 5.41) is 3.88. The minimum Gasteiger partial charge on any atom is -0.488 e. The van der Waals surface area contributed by atoms with Gasteiger partial charge >= 0.3 is 0 Å². The Morgan fingerprint density at radius 2 is 2.19 bits per heavy atom. The van der Waals surface area contributed by atoms with Crippen LogP contribution in [0.3, 0.4) is 0 Å². The number of carbonyl (C=O) groups excluding carboxylic acids is 1. The molecule has 1 aromatic carbocycles. The van der Waals surface area contributed by atoms with Crippen LogP contribution in [0.1, 0.15) is 37.1 Å². The summed E-state index contributed by atoms with van der Waals surface area (Å²) >= 11 is 1.67. The van der Waals surface area contributed by atoms with E-state index >= 15 is 0 Å². The fourth-order valence-corrected chi connectivity index (χ4v) is 4.47. The third kappa shape index (κ3) is 3.10. The highest BCUT2D eigenvalue weighted by atomic mass is 32.1. The molecule has 27 heavy (non-hydrogen) atoms. The van der Waals surface area contributed by atoms with Crippen molar-refractivity contribution in [2.45, 2.75) is 45.3 Å². The lowest BCUT2D eigenvalue weighted by Gasteiger charge is -2.21. The van der Waals surface area contributed by atoms with E-state index in [1.54, 1.807) is 11.3 Å². The molecule has 7 heteroatoms. The molecule has 0 bridgehead atoms. The minimum absolute atomic E-state index is 0.0528. The van der Waals surface area contributed by atoms with Crippen LogP contribution in [-0.4, -0.2) is 33.1 Å². The van der Waals surface area contributed by atoms with Crippen molar-refractivity contribution in [2.24, 2.45) is 5.92 Å². The van der Waals surface area contributed by atoms with E-state index in [1.807, 2.05) is 12.5 Å². The van der Waals surface area contributed by atoms with Crippen LogP contribution < -0.4 is 10.1 Å². The first kappa shape index (κ1) is 16.7. The average molecular weight is 382 g/mol. The molecule has 5 rings (SSSR count). The quantitative estimate of drug-likeness (QED) is 0.730. The second-order valence-corrected chi connectivity index (χ2v) is 8.83. The Balaban J connectivity index is 1.56. The van der Waals surface area contributed by atoms with Crippen molar-refractivity contribution in [3.05, 3.63) is 29.5 Å². The van der Waals surface area contributed by atoms with Gasteiger partial charge in [0.1, 0.15) is 22.4 Å². The number of aryl methyl sites for hydroxylation is 1. The van der Waals surface area contributed by atoms with E-state index in [4.69, 9.17) is 4.74 Å². The molecule has 1 aliphatic heterocycles. The normalized spacial score (nSPS) is 20.8. The molecule has 1 saturated carbocycles. The summed E-state index contributed by atoms with van der Waals surface area (Å²) < 4.78 is 8.67. The summed E-state index contributed by atoms with van der Waals surface area (Å²) in [6.45, 7) is 4.79. The highest BCUT2D eigenvalue weighted by molar-refractivity contribution is 7.14. The zero-order valence-electron chi connectivity index (χ0n) is 15.4. The molecular weight excluding hydrogens is 360 g/mol. The molecule has 0 radical (unpaired) electrons. The molecule has 6 nitrogen and oxygen atoms in total. The molecule has 2 atom stereocenters. The zero-order valence-corrected chi connectivity index (χ0v) is 16.3. The lowest BCUT2D eigenvalue weighted by molar-refractivity contribution is -0.119. The number of hydrogen-bond acceptors (Lipinski definition) is 5. The van der Waals surface area contributed by atoms with Crippen LogP contribution in [0, 0.1) is 12.8 Å². The Hall–Kier alpha value is -2.41. The molecule has 2 aliphatic rings. The number of hydrogen-bond donors (Lipinski definition) is 1. The van der Waals surface area contributed by atoms with Gasteiger partial charge in [0.25, 0.3) is 0 Å². The van der Waals surface area contributed by atoms with Crippen LogP contribution in [0.2, 0.25) is 0 Å². The van der Waals surface area contributed by atoms with Gasteiger partial charge in [0, 0.05) is 41.6 Å². The number of fused-ring (bicyclic) bond motifs is 1. The van der Waals surface area contributed by atoms with Gasteiger partial charge in [-0.05, 0) is 38.8 Å². The van der Waals surface area contributed by atoms with Crippen LogP contribution in [0.5, 0.6) is 5.75 Å². The summed E-state index contributed by atoms with van der Waals surface area (Å²) in [5.74, 6) is 1.14. The van der Waals surface area contributed by atoms with Crippen molar-refractivity contribution in [3.8, 4) is 16.3 Å². The maximum Gasteiger partial charge on any atom is 0.220 e. The predicted molar refractivity (Wildman–Crippen MR) is 105 cm³/mol. The molecule has 140 valence electrons. The van der Waals surface area contributed by atoms with Gasteiger partial charge in [-0.3, -0.25) is 4.79 Å². The Morgan fingerprint density at radius 3 is 2.85 bits per heavy atom. The average Bonchev–Trinajstić information content (AvgIpc) is 3.04.